The molecule has 0 radical (unpaired) electrons. The molecule has 3 heterocycles. The van der Waals surface area contributed by atoms with E-state index in [9.17, 15) is 23.2 Å². The predicted molar refractivity (Wildman–Crippen MR) is 169 cm³/mol. The number of pyridine rings is 2. The topological polar surface area (TPSA) is 149 Å². The summed E-state index contributed by atoms with van der Waals surface area (Å²) in [5, 5.41) is 2.89. The van der Waals surface area contributed by atoms with Gasteiger partial charge in [-0.2, -0.15) is 0 Å². The Morgan fingerprint density at radius 1 is 1.04 bits per heavy atom. The van der Waals surface area contributed by atoms with E-state index in [2.05, 4.69) is 15.3 Å². The van der Waals surface area contributed by atoms with Gasteiger partial charge in [-0.05, 0) is 71.5 Å². The van der Waals surface area contributed by atoms with Crippen molar-refractivity contribution in [3.8, 4) is 17.0 Å². The molecule has 5 rings (SSSR count). The summed E-state index contributed by atoms with van der Waals surface area (Å²) >= 11 is 0. The number of hydrogen-bond acceptors (Lipinski definition) is 8. The Bertz CT molecular complexity index is 1760. The van der Waals surface area contributed by atoms with Gasteiger partial charge in [-0.3, -0.25) is 15.1 Å². The Morgan fingerprint density at radius 2 is 1.70 bits per heavy atom. The number of nitrogens with zero attached hydrogens (tertiary/aromatic N) is 4. The number of amides is 4. The largest absolute Gasteiger partial charge is 0.474 e. The summed E-state index contributed by atoms with van der Waals surface area (Å²) in [4.78, 5) is 49.4. The molecule has 0 spiro atoms. The molecule has 0 unspecified atom stereocenters. The van der Waals surface area contributed by atoms with Gasteiger partial charge in [-0.15, -0.1) is 0 Å². The number of benzene rings is 1. The molecule has 1 fully saturated rings. The standard InChI is InChI=1S/C32H37F3N6O6/c1-16-20(14-38-26-25(16)40(8-9-45-26)29(44)47-31(5,6)7)19-10-17-11-22(41(27(36)42)18-12-32(34,35)13-18)37-15-21(17)24(23(19)33)39-28(43)46-30(2,3)4/h10-11,14-15,18H,8-9,12-13H2,1-7H3,(H2,36,42)(H,39,43). The van der Waals surface area contributed by atoms with Crippen LogP contribution < -0.4 is 25.6 Å². The lowest BCUT2D eigenvalue weighted by Crippen LogP contribution is -2.55. The molecule has 1 saturated carbocycles. The van der Waals surface area contributed by atoms with Gasteiger partial charge >= 0.3 is 18.2 Å². The molecule has 1 aromatic carbocycles. The molecule has 4 amide bonds. The van der Waals surface area contributed by atoms with Crippen molar-refractivity contribution in [3.05, 3.63) is 35.9 Å². The number of anilines is 3. The number of ether oxygens (including phenoxy) is 3. The van der Waals surface area contributed by atoms with E-state index in [1.807, 2.05) is 0 Å². The fourth-order valence-corrected chi connectivity index (χ4v) is 5.52. The Hall–Kier alpha value is -4.82. The van der Waals surface area contributed by atoms with E-state index in [-0.39, 0.29) is 58.1 Å². The van der Waals surface area contributed by atoms with Crippen LogP contribution in [-0.4, -0.2) is 64.5 Å². The number of carbonyl (C=O) groups is 3. The smallest absolute Gasteiger partial charge is 0.415 e. The minimum atomic E-state index is -2.94. The minimum Gasteiger partial charge on any atom is -0.474 e. The summed E-state index contributed by atoms with van der Waals surface area (Å²) in [7, 11) is 0. The highest BCUT2D eigenvalue weighted by molar-refractivity contribution is 6.05. The Morgan fingerprint density at radius 3 is 2.30 bits per heavy atom. The van der Waals surface area contributed by atoms with Crippen LogP contribution in [0.2, 0.25) is 0 Å². The van der Waals surface area contributed by atoms with Gasteiger partial charge in [0.05, 0.1) is 18.3 Å². The number of aromatic nitrogens is 2. The molecule has 0 saturated heterocycles. The predicted octanol–water partition coefficient (Wildman–Crippen LogP) is 6.91. The summed E-state index contributed by atoms with van der Waals surface area (Å²) in [6, 6.07) is 0.973. The monoisotopic (exact) mass is 658 g/mol. The van der Waals surface area contributed by atoms with Crippen molar-refractivity contribution in [2.45, 2.75) is 84.5 Å². The number of primary amides is 1. The van der Waals surface area contributed by atoms with E-state index in [1.165, 1.54) is 29.4 Å². The SMILES string of the molecule is Cc1c(-c2cc3cc(N(C(N)=O)C4CC(F)(F)C4)ncc3c(NC(=O)OC(C)(C)C)c2F)cnc2c1N(C(=O)OC(C)(C)C)CCO2. The minimum absolute atomic E-state index is 0.0314. The van der Waals surface area contributed by atoms with Crippen LogP contribution >= 0.6 is 0 Å². The van der Waals surface area contributed by atoms with Gasteiger partial charge in [0.25, 0.3) is 5.92 Å². The van der Waals surface area contributed by atoms with Crippen LogP contribution in [0.25, 0.3) is 21.9 Å². The van der Waals surface area contributed by atoms with E-state index in [0.717, 1.165) is 4.90 Å². The number of carbonyl (C=O) groups excluding carboxylic acids is 3. The van der Waals surface area contributed by atoms with Gasteiger partial charge in [-0.25, -0.2) is 37.5 Å². The van der Waals surface area contributed by atoms with Crippen molar-refractivity contribution in [3.63, 3.8) is 0 Å². The second kappa shape index (κ2) is 11.8. The first kappa shape index (κ1) is 33.5. The van der Waals surface area contributed by atoms with Gasteiger partial charge in [0.1, 0.15) is 29.3 Å². The van der Waals surface area contributed by atoms with E-state index in [1.54, 1.807) is 48.5 Å². The number of hydrogen-bond donors (Lipinski definition) is 2. The average Bonchev–Trinajstić information content (AvgIpc) is 2.91. The summed E-state index contributed by atoms with van der Waals surface area (Å²) < 4.78 is 60.7. The number of nitrogens with one attached hydrogen (secondary N) is 1. The first-order valence-electron chi connectivity index (χ1n) is 15.0. The lowest BCUT2D eigenvalue weighted by molar-refractivity contribution is -0.0839. The van der Waals surface area contributed by atoms with Crippen LogP contribution in [-0.2, 0) is 9.47 Å². The first-order valence-corrected chi connectivity index (χ1v) is 15.0. The molecular formula is C32H37F3N6O6. The summed E-state index contributed by atoms with van der Waals surface area (Å²) in [6.07, 6.45) is -0.175. The van der Waals surface area contributed by atoms with Crippen LogP contribution in [0.4, 0.5) is 44.7 Å². The maximum absolute atomic E-state index is 16.6. The van der Waals surface area contributed by atoms with E-state index < -0.39 is 60.0 Å². The number of fused-ring (bicyclic) bond motifs is 2. The molecule has 15 heteroatoms. The van der Waals surface area contributed by atoms with Gasteiger partial charge < -0.3 is 19.9 Å². The lowest BCUT2D eigenvalue weighted by Gasteiger charge is -2.41. The summed E-state index contributed by atoms with van der Waals surface area (Å²) in [5.41, 5.74) is 4.51. The molecule has 0 atom stereocenters. The molecule has 12 nitrogen and oxygen atoms in total. The van der Waals surface area contributed by atoms with Gasteiger partial charge in [0, 0.05) is 41.7 Å². The molecule has 47 heavy (non-hydrogen) atoms. The zero-order chi connectivity index (χ0) is 34.6. The quantitative estimate of drug-likeness (QED) is 0.307. The molecular weight excluding hydrogens is 621 g/mol. The van der Waals surface area contributed by atoms with Crippen molar-refractivity contribution in [1.82, 2.24) is 9.97 Å². The molecule has 3 N–H and O–H groups in total. The molecule has 1 aliphatic carbocycles. The molecule has 2 aliphatic rings. The van der Waals surface area contributed by atoms with Crippen molar-refractivity contribution in [2.75, 3.05) is 28.3 Å². The zero-order valence-electron chi connectivity index (χ0n) is 27.2. The van der Waals surface area contributed by atoms with Crippen LogP contribution in [0.15, 0.2) is 24.5 Å². The van der Waals surface area contributed by atoms with Crippen molar-refractivity contribution >= 4 is 46.2 Å². The molecule has 0 bridgehead atoms. The van der Waals surface area contributed by atoms with E-state index in [4.69, 9.17) is 19.9 Å². The second-order valence-corrected chi connectivity index (χ2v) is 13.6. The number of rotatable bonds is 4. The Labute approximate surface area is 269 Å². The highest BCUT2D eigenvalue weighted by atomic mass is 19.3. The summed E-state index contributed by atoms with van der Waals surface area (Å²) in [6.45, 7) is 12.1. The second-order valence-electron chi connectivity index (χ2n) is 13.6. The van der Waals surface area contributed by atoms with Crippen molar-refractivity contribution in [2.24, 2.45) is 5.73 Å². The third-order valence-electron chi connectivity index (χ3n) is 7.49. The van der Waals surface area contributed by atoms with E-state index in [0.29, 0.717) is 5.56 Å². The third kappa shape index (κ3) is 6.98. The molecule has 3 aromatic rings. The third-order valence-corrected chi connectivity index (χ3v) is 7.49. The maximum Gasteiger partial charge on any atom is 0.415 e. The first-order chi connectivity index (χ1) is 21.7. The van der Waals surface area contributed by atoms with Gasteiger partial charge in [-0.1, -0.05) is 0 Å². The van der Waals surface area contributed by atoms with Gasteiger partial charge in [0.2, 0.25) is 5.88 Å². The lowest BCUT2D eigenvalue weighted by atomic mass is 9.87. The van der Waals surface area contributed by atoms with E-state index >= 15 is 4.39 Å². The van der Waals surface area contributed by atoms with Crippen LogP contribution in [0, 0.1) is 12.7 Å². The zero-order valence-corrected chi connectivity index (χ0v) is 27.2. The Balaban J connectivity index is 1.68. The van der Waals surface area contributed by atoms with Crippen molar-refractivity contribution < 1.29 is 41.8 Å². The normalized spacial score (nSPS) is 16.1. The molecule has 1 aliphatic heterocycles. The number of halogens is 3. The number of alkyl halides is 2. The average molecular weight is 659 g/mol. The summed E-state index contributed by atoms with van der Waals surface area (Å²) in [5.74, 6) is -3.69. The van der Waals surface area contributed by atoms with Crippen LogP contribution in [0.3, 0.4) is 0 Å². The molecule has 252 valence electrons. The highest BCUT2D eigenvalue weighted by Gasteiger charge is 2.49. The van der Waals surface area contributed by atoms with Gasteiger partial charge in [0.15, 0.2) is 5.82 Å². The fraction of sp³-hybridized carbons (Fsp3) is 0.469. The van der Waals surface area contributed by atoms with Crippen molar-refractivity contribution in [1.29, 1.82) is 0 Å². The Kier molecular flexibility index (Phi) is 8.39. The number of nitrogens with two attached hydrogens (primary N) is 1. The highest BCUT2D eigenvalue weighted by Crippen LogP contribution is 2.44. The number of urea groups is 1. The van der Waals surface area contributed by atoms with Crippen LogP contribution in [0.1, 0.15) is 59.9 Å². The maximum atomic E-state index is 16.6. The van der Waals surface area contributed by atoms with Crippen LogP contribution in [0.5, 0.6) is 5.88 Å². The fourth-order valence-electron chi connectivity index (χ4n) is 5.52. The molecule has 2 aromatic heterocycles.